The van der Waals surface area contributed by atoms with Gasteiger partial charge >= 0.3 is 0 Å². The van der Waals surface area contributed by atoms with Gasteiger partial charge in [-0.2, -0.15) is 0 Å². The van der Waals surface area contributed by atoms with Crippen LogP contribution in [0.1, 0.15) is 62.8 Å². The Morgan fingerprint density at radius 1 is 1.18 bits per heavy atom. The molecule has 0 aromatic heterocycles. The van der Waals surface area contributed by atoms with Crippen LogP contribution in [-0.2, 0) is 4.79 Å². The lowest BCUT2D eigenvalue weighted by atomic mass is 9.83. The van der Waals surface area contributed by atoms with Crippen molar-refractivity contribution < 1.29 is 14.3 Å². The fourth-order valence-electron chi connectivity index (χ4n) is 3.76. The van der Waals surface area contributed by atoms with Gasteiger partial charge in [-0.15, -0.1) is 0 Å². The second-order valence-electron chi connectivity index (χ2n) is 7.80. The minimum Gasteiger partial charge on any atom is -0.487 e. The first-order chi connectivity index (χ1) is 13.4. The molecule has 2 unspecified atom stereocenters. The molecule has 2 aromatic carbocycles. The van der Waals surface area contributed by atoms with E-state index in [1.165, 1.54) is 5.56 Å². The van der Waals surface area contributed by atoms with Crippen molar-refractivity contribution in [2.24, 2.45) is 0 Å². The number of aryl methyl sites for hydroxylation is 2. The quantitative estimate of drug-likeness (QED) is 0.741. The van der Waals surface area contributed by atoms with Crippen molar-refractivity contribution in [3.05, 3.63) is 59.2 Å². The molecule has 1 N–H and O–H groups in total. The van der Waals surface area contributed by atoms with Crippen LogP contribution in [0, 0.1) is 13.8 Å². The van der Waals surface area contributed by atoms with E-state index in [4.69, 9.17) is 9.47 Å². The molecule has 3 rings (SSSR count). The number of benzene rings is 2. The van der Waals surface area contributed by atoms with E-state index in [0.29, 0.717) is 0 Å². The maximum absolute atomic E-state index is 12.9. The molecule has 0 saturated carbocycles. The van der Waals surface area contributed by atoms with E-state index in [2.05, 4.69) is 26.1 Å². The third-order valence-corrected chi connectivity index (χ3v) is 5.96. The zero-order chi connectivity index (χ0) is 20.3. The van der Waals surface area contributed by atoms with Gasteiger partial charge < -0.3 is 14.8 Å². The highest BCUT2D eigenvalue weighted by molar-refractivity contribution is 5.81. The van der Waals surface area contributed by atoms with Crippen LogP contribution in [0.25, 0.3) is 0 Å². The lowest BCUT2D eigenvalue weighted by Gasteiger charge is -2.41. The van der Waals surface area contributed by atoms with Crippen LogP contribution in [0.2, 0.25) is 0 Å². The van der Waals surface area contributed by atoms with Crippen molar-refractivity contribution in [2.45, 2.75) is 71.6 Å². The Morgan fingerprint density at radius 3 is 2.57 bits per heavy atom. The summed E-state index contributed by atoms with van der Waals surface area (Å²) in [4.78, 5) is 12.9. The van der Waals surface area contributed by atoms with E-state index >= 15 is 0 Å². The van der Waals surface area contributed by atoms with Crippen LogP contribution < -0.4 is 14.8 Å². The third kappa shape index (κ3) is 4.16. The molecule has 2 atom stereocenters. The fraction of sp³-hybridized carbons (Fsp3) is 0.458. The van der Waals surface area contributed by atoms with Gasteiger partial charge in [0.1, 0.15) is 17.1 Å². The largest absolute Gasteiger partial charge is 0.487 e. The Morgan fingerprint density at radius 2 is 1.89 bits per heavy atom. The standard InChI is InChI=1S/C24H31NO3/c1-6-24(7-2)15-21(20-10-8-9-11-22(20)28-24)25-23(26)18(5)27-19-13-12-16(3)17(4)14-19/h8-14,18,21H,6-7,15H2,1-5H3,(H,25,26). The fourth-order valence-corrected chi connectivity index (χ4v) is 3.76. The molecule has 0 saturated heterocycles. The predicted octanol–water partition coefficient (Wildman–Crippen LogP) is 5.27. The number of ether oxygens (including phenoxy) is 2. The molecule has 4 heteroatoms. The minimum atomic E-state index is -0.574. The first-order valence-corrected chi connectivity index (χ1v) is 10.2. The van der Waals surface area contributed by atoms with Gasteiger partial charge in [0, 0.05) is 12.0 Å². The lowest BCUT2D eigenvalue weighted by Crippen LogP contribution is -2.46. The van der Waals surface area contributed by atoms with Crippen molar-refractivity contribution in [2.75, 3.05) is 0 Å². The summed E-state index contributed by atoms with van der Waals surface area (Å²) < 4.78 is 12.2. The monoisotopic (exact) mass is 381 g/mol. The SMILES string of the molecule is CCC1(CC)CC(NC(=O)C(C)Oc2ccc(C)c(C)c2)c2ccccc2O1. The van der Waals surface area contributed by atoms with E-state index in [1.807, 2.05) is 49.4 Å². The second-order valence-corrected chi connectivity index (χ2v) is 7.80. The Kier molecular flexibility index (Phi) is 5.97. The highest BCUT2D eigenvalue weighted by Gasteiger charge is 2.39. The Labute approximate surface area is 168 Å². The zero-order valence-electron chi connectivity index (χ0n) is 17.5. The van der Waals surface area contributed by atoms with Gasteiger partial charge in [0.2, 0.25) is 0 Å². The lowest BCUT2D eigenvalue weighted by molar-refractivity contribution is -0.128. The summed E-state index contributed by atoms with van der Waals surface area (Å²) in [6.07, 6.45) is 1.99. The molecule has 2 aromatic rings. The molecule has 4 nitrogen and oxygen atoms in total. The summed E-state index contributed by atoms with van der Waals surface area (Å²) in [7, 11) is 0. The van der Waals surface area contributed by atoms with E-state index in [1.54, 1.807) is 6.92 Å². The van der Waals surface area contributed by atoms with Crippen LogP contribution in [-0.4, -0.2) is 17.6 Å². The maximum atomic E-state index is 12.9. The molecule has 0 spiro atoms. The van der Waals surface area contributed by atoms with Crippen LogP contribution in [0.3, 0.4) is 0 Å². The number of hydrogen-bond acceptors (Lipinski definition) is 3. The Bertz CT molecular complexity index is 841. The third-order valence-electron chi connectivity index (χ3n) is 5.96. The molecular weight excluding hydrogens is 350 g/mol. The Balaban J connectivity index is 1.75. The second kappa shape index (κ2) is 8.26. The molecule has 1 amide bonds. The number of para-hydroxylation sites is 1. The van der Waals surface area contributed by atoms with Crippen molar-refractivity contribution in [3.8, 4) is 11.5 Å². The highest BCUT2D eigenvalue weighted by atomic mass is 16.5. The van der Waals surface area contributed by atoms with Gasteiger partial charge in [-0.3, -0.25) is 4.79 Å². The number of nitrogens with one attached hydrogen (secondary N) is 1. The molecule has 0 aliphatic carbocycles. The van der Waals surface area contributed by atoms with Crippen LogP contribution in [0.15, 0.2) is 42.5 Å². The van der Waals surface area contributed by atoms with Crippen molar-refractivity contribution in [1.82, 2.24) is 5.32 Å². The van der Waals surface area contributed by atoms with E-state index in [9.17, 15) is 4.79 Å². The number of carbonyl (C=O) groups excluding carboxylic acids is 1. The molecule has 150 valence electrons. The van der Waals surface area contributed by atoms with Gasteiger partial charge in [0.05, 0.1) is 6.04 Å². The molecule has 28 heavy (non-hydrogen) atoms. The van der Waals surface area contributed by atoms with Gasteiger partial charge in [-0.1, -0.05) is 38.1 Å². The predicted molar refractivity (Wildman–Crippen MR) is 112 cm³/mol. The first kappa shape index (κ1) is 20.2. The van der Waals surface area contributed by atoms with Gasteiger partial charge in [0.15, 0.2) is 6.10 Å². The van der Waals surface area contributed by atoms with Crippen molar-refractivity contribution >= 4 is 5.91 Å². The molecular formula is C24H31NO3. The number of amides is 1. The summed E-state index contributed by atoms with van der Waals surface area (Å²) in [5, 5.41) is 3.20. The molecule has 0 bridgehead atoms. The summed E-state index contributed by atoms with van der Waals surface area (Å²) in [5.74, 6) is 1.47. The van der Waals surface area contributed by atoms with Gasteiger partial charge in [0.25, 0.3) is 5.91 Å². The number of hydrogen-bond donors (Lipinski definition) is 1. The normalized spacial score (nSPS) is 18.5. The average molecular weight is 382 g/mol. The van der Waals surface area contributed by atoms with Crippen molar-refractivity contribution in [3.63, 3.8) is 0 Å². The van der Waals surface area contributed by atoms with Crippen LogP contribution >= 0.6 is 0 Å². The van der Waals surface area contributed by atoms with Gasteiger partial charge in [-0.25, -0.2) is 0 Å². The van der Waals surface area contributed by atoms with Crippen LogP contribution in [0.4, 0.5) is 0 Å². The number of fused-ring (bicyclic) bond motifs is 1. The summed E-state index contributed by atoms with van der Waals surface area (Å²) in [5.41, 5.74) is 3.15. The minimum absolute atomic E-state index is 0.0804. The first-order valence-electron chi connectivity index (χ1n) is 10.2. The topological polar surface area (TPSA) is 47.6 Å². The maximum Gasteiger partial charge on any atom is 0.261 e. The number of rotatable bonds is 6. The molecule has 0 radical (unpaired) electrons. The van der Waals surface area contributed by atoms with E-state index < -0.39 is 6.10 Å². The van der Waals surface area contributed by atoms with Crippen molar-refractivity contribution in [1.29, 1.82) is 0 Å². The average Bonchev–Trinajstić information content (AvgIpc) is 2.70. The highest BCUT2D eigenvalue weighted by Crippen LogP contribution is 2.42. The summed E-state index contributed by atoms with van der Waals surface area (Å²) in [6, 6.07) is 13.8. The molecule has 1 aliphatic rings. The van der Waals surface area contributed by atoms with E-state index in [-0.39, 0.29) is 17.6 Å². The van der Waals surface area contributed by atoms with Gasteiger partial charge in [-0.05, 0) is 62.9 Å². The zero-order valence-corrected chi connectivity index (χ0v) is 17.5. The summed E-state index contributed by atoms with van der Waals surface area (Å²) in [6.45, 7) is 10.2. The molecule has 0 fully saturated rings. The Hall–Kier alpha value is -2.49. The smallest absolute Gasteiger partial charge is 0.261 e. The summed E-state index contributed by atoms with van der Waals surface area (Å²) >= 11 is 0. The number of carbonyl (C=O) groups is 1. The molecule has 1 aliphatic heterocycles. The van der Waals surface area contributed by atoms with E-state index in [0.717, 1.165) is 41.9 Å². The molecule has 1 heterocycles. The van der Waals surface area contributed by atoms with Crippen LogP contribution in [0.5, 0.6) is 11.5 Å².